The molecule has 2 N–H and O–H groups in total. The van der Waals surface area contributed by atoms with Gasteiger partial charge in [0, 0.05) is 24.8 Å². The zero-order chi connectivity index (χ0) is 21.5. The van der Waals surface area contributed by atoms with Crippen LogP contribution in [-0.2, 0) is 27.2 Å². The van der Waals surface area contributed by atoms with E-state index in [1.54, 1.807) is 20.8 Å². The van der Waals surface area contributed by atoms with Crippen LogP contribution < -0.4 is 4.74 Å². The minimum atomic E-state index is -1.48. The van der Waals surface area contributed by atoms with Crippen molar-refractivity contribution in [3.63, 3.8) is 0 Å². The lowest BCUT2D eigenvalue weighted by Gasteiger charge is -2.49. The third kappa shape index (κ3) is 2.62. The fourth-order valence-electron chi connectivity index (χ4n) is 5.39. The number of carbonyl (C=O) groups excluding carboxylic acids is 2. The van der Waals surface area contributed by atoms with Crippen molar-refractivity contribution in [3.05, 3.63) is 33.4 Å². The number of hydrogen-bond donors (Lipinski definition) is 2. The summed E-state index contributed by atoms with van der Waals surface area (Å²) in [6.07, 6.45) is 0.719. The number of ether oxygens (including phenoxy) is 2. The topological polar surface area (TPSA) is 93.1 Å². The van der Waals surface area contributed by atoms with E-state index in [1.807, 2.05) is 13.8 Å². The molecule has 1 aromatic rings. The molecule has 1 fully saturated rings. The lowest BCUT2D eigenvalue weighted by Crippen LogP contribution is -2.56. The van der Waals surface area contributed by atoms with Gasteiger partial charge in [-0.2, -0.15) is 0 Å². The van der Waals surface area contributed by atoms with E-state index in [0.29, 0.717) is 28.9 Å². The second-order valence-corrected chi connectivity index (χ2v) is 9.06. The van der Waals surface area contributed by atoms with E-state index in [-0.39, 0.29) is 36.3 Å². The lowest BCUT2D eigenvalue weighted by atomic mass is 9.72. The minimum Gasteiger partial charge on any atom is -0.507 e. The first-order valence-corrected chi connectivity index (χ1v) is 10.0. The lowest BCUT2D eigenvalue weighted by molar-refractivity contribution is -0.236. The van der Waals surface area contributed by atoms with Crippen molar-refractivity contribution >= 4 is 11.6 Å². The maximum absolute atomic E-state index is 12.7. The van der Waals surface area contributed by atoms with Crippen LogP contribution in [0.4, 0.5) is 0 Å². The smallest absolute Gasteiger partial charge is 0.214 e. The van der Waals surface area contributed by atoms with Crippen LogP contribution in [0.1, 0.15) is 49.9 Å². The zero-order valence-corrected chi connectivity index (χ0v) is 17.8. The first kappa shape index (κ1) is 20.1. The summed E-state index contributed by atoms with van der Waals surface area (Å²) in [5, 5.41) is 21.4. The summed E-state index contributed by atoms with van der Waals surface area (Å²) in [6, 6.07) is 0. The first-order valence-electron chi connectivity index (χ1n) is 10.0. The van der Waals surface area contributed by atoms with Gasteiger partial charge < -0.3 is 19.7 Å². The van der Waals surface area contributed by atoms with Crippen LogP contribution in [0.25, 0.3) is 0 Å². The fraction of sp³-hybridized carbons (Fsp3) is 0.565. The molecule has 1 aromatic carbocycles. The van der Waals surface area contributed by atoms with Gasteiger partial charge in [-0.1, -0.05) is 0 Å². The van der Waals surface area contributed by atoms with Crippen LogP contribution in [0.2, 0.25) is 0 Å². The van der Waals surface area contributed by atoms with Gasteiger partial charge in [0.1, 0.15) is 22.9 Å². The Morgan fingerprint density at radius 1 is 1.17 bits per heavy atom. The van der Waals surface area contributed by atoms with Crippen molar-refractivity contribution < 1.29 is 29.3 Å². The summed E-state index contributed by atoms with van der Waals surface area (Å²) in [5.74, 6) is -1.27. The molecule has 29 heavy (non-hydrogen) atoms. The average molecular weight is 400 g/mol. The number of fused-ring (bicyclic) bond motifs is 4. The van der Waals surface area contributed by atoms with Gasteiger partial charge in [0.15, 0.2) is 5.78 Å². The van der Waals surface area contributed by atoms with Crippen molar-refractivity contribution in [3.8, 4) is 11.5 Å². The van der Waals surface area contributed by atoms with Gasteiger partial charge in [-0.15, -0.1) is 0 Å². The monoisotopic (exact) mass is 400 g/mol. The Morgan fingerprint density at radius 3 is 2.45 bits per heavy atom. The number of ketones is 2. The molecule has 3 aliphatic rings. The number of aliphatic hydroxyl groups is 1. The Hall–Kier alpha value is -2.18. The van der Waals surface area contributed by atoms with Crippen molar-refractivity contribution in [2.24, 2.45) is 11.8 Å². The van der Waals surface area contributed by atoms with E-state index in [2.05, 4.69) is 0 Å². The summed E-state index contributed by atoms with van der Waals surface area (Å²) >= 11 is 0. The van der Waals surface area contributed by atoms with Gasteiger partial charge in [0.05, 0.1) is 12.5 Å². The molecule has 2 heterocycles. The summed E-state index contributed by atoms with van der Waals surface area (Å²) < 4.78 is 12.5. The molecular weight excluding hydrogens is 372 g/mol. The highest BCUT2D eigenvalue weighted by Gasteiger charge is 2.59. The standard InChI is InChI=1S/C23H28O6/c1-10(24)7-14-11(2)19(25)13(4)20-15(14)8-16-18-12(3)21(26)22(5,27)17(18)9-28-23(16,6)29-20/h16-17,25,27H,7-9H2,1-6H3/t16-,17-,22+,23-/m1/s1. The molecule has 156 valence electrons. The molecule has 1 aliphatic carbocycles. The molecular formula is C23H28O6. The normalized spacial score (nSPS) is 33.1. The number of Topliss-reactive ketones (excluding diaryl/α,β-unsaturated/α-hetero) is 2. The number of aromatic hydroxyl groups is 1. The van der Waals surface area contributed by atoms with E-state index < -0.39 is 17.3 Å². The van der Waals surface area contributed by atoms with Crippen LogP contribution in [-0.4, -0.2) is 39.8 Å². The Balaban J connectivity index is 1.91. The minimum absolute atomic E-state index is 0.000896. The molecule has 2 aliphatic heterocycles. The van der Waals surface area contributed by atoms with E-state index >= 15 is 0 Å². The Morgan fingerprint density at radius 2 is 1.83 bits per heavy atom. The van der Waals surface area contributed by atoms with Gasteiger partial charge in [0.25, 0.3) is 0 Å². The molecule has 0 saturated carbocycles. The highest BCUT2D eigenvalue weighted by molar-refractivity contribution is 6.05. The number of phenols is 1. The number of benzene rings is 1. The molecule has 0 radical (unpaired) electrons. The fourth-order valence-corrected chi connectivity index (χ4v) is 5.39. The van der Waals surface area contributed by atoms with E-state index in [1.165, 1.54) is 6.92 Å². The molecule has 0 aromatic heterocycles. The van der Waals surface area contributed by atoms with Gasteiger partial charge in [-0.3, -0.25) is 9.59 Å². The summed E-state index contributed by atoms with van der Waals surface area (Å²) in [6.45, 7) is 10.5. The summed E-state index contributed by atoms with van der Waals surface area (Å²) in [4.78, 5) is 24.6. The Kier molecular flexibility index (Phi) is 4.27. The van der Waals surface area contributed by atoms with Crippen molar-refractivity contribution in [1.29, 1.82) is 0 Å². The molecule has 0 spiro atoms. The average Bonchev–Trinajstić information content (AvgIpc) is 2.82. The molecule has 4 atom stereocenters. The van der Waals surface area contributed by atoms with Crippen molar-refractivity contribution in [1.82, 2.24) is 0 Å². The number of hydrogen-bond acceptors (Lipinski definition) is 6. The van der Waals surface area contributed by atoms with Gasteiger partial charge in [0.2, 0.25) is 5.79 Å². The second-order valence-electron chi connectivity index (χ2n) is 9.06. The maximum Gasteiger partial charge on any atom is 0.214 e. The van der Waals surface area contributed by atoms with Crippen LogP contribution in [0.3, 0.4) is 0 Å². The third-order valence-corrected chi connectivity index (χ3v) is 7.11. The van der Waals surface area contributed by atoms with Gasteiger partial charge in [-0.25, -0.2) is 0 Å². The highest BCUT2D eigenvalue weighted by Crippen LogP contribution is 2.55. The molecule has 0 unspecified atom stereocenters. The number of rotatable bonds is 2. The Bertz CT molecular complexity index is 986. The molecule has 6 heteroatoms. The molecule has 6 nitrogen and oxygen atoms in total. The van der Waals surface area contributed by atoms with E-state index in [0.717, 1.165) is 16.7 Å². The van der Waals surface area contributed by atoms with Crippen molar-refractivity contribution in [2.75, 3.05) is 6.61 Å². The quantitative estimate of drug-likeness (QED) is 0.793. The predicted molar refractivity (Wildman–Crippen MR) is 106 cm³/mol. The molecule has 0 bridgehead atoms. The number of carbonyl (C=O) groups is 2. The van der Waals surface area contributed by atoms with E-state index in [4.69, 9.17) is 9.47 Å². The molecule has 4 rings (SSSR count). The van der Waals surface area contributed by atoms with Crippen LogP contribution in [0.15, 0.2) is 11.1 Å². The second kappa shape index (κ2) is 6.16. The first-order chi connectivity index (χ1) is 13.4. The highest BCUT2D eigenvalue weighted by atomic mass is 16.7. The zero-order valence-electron chi connectivity index (χ0n) is 17.8. The van der Waals surface area contributed by atoms with Crippen LogP contribution in [0.5, 0.6) is 11.5 Å². The third-order valence-electron chi connectivity index (χ3n) is 7.11. The number of phenolic OH excluding ortho intramolecular Hbond substituents is 1. The summed E-state index contributed by atoms with van der Waals surface area (Å²) in [5.41, 5.74) is 2.92. The van der Waals surface area contributed by atoms with Crippen LogP contribution >= 0.6 is 0 Å². The van der Waals surface area contributed by atoms with Crippen molar-refractivity contribution in [2.45, 2.75) is 65.8 Å². The van der Waals surface area contributed by atoms with Crippen LogP contribution in [0, 0.1) is 25.7 Å². The van der Waals surface area contributed by atoms with Gasteiger partial charge >= 0.3 is 0 Å². The summed E-state index contributed by atoms with van der Waals surface area (Å²) in [7, 11) is 0. The Labute approximate surface area is 170 Å². The maximum atomic E-state index is 12.7. The van der Waals surface area contributed by atoms with E-state index in [9.17, 15) is 19.8 Å². The molecule has 0 amide bonds. The van der Waals surface area contributed by atoms with Gasteiger partial charge in [-0.05, 0) is 68.9 Å². The predicted octanol–water partition coefficient (Wildman–Crippen LogP) is 2.70. The SMILES string of the molecule is CC(=O)Cc1c(C)c(O)c(C)c2c1C[C@@H]1C3=C(C)C(=O)[C@@](C)(O)[C@@H]3CO[C@]1(C)O2. The molecule has 1 saturated heterocycles. The largest absolute Gasteiger partial charge is 0.507 e.